The molecule has 0 bridgehead atoms. The summed E-state index contributed by atoms with van der Waals surface area (Å²) >= 11 is 6.52. The van der Waals surface area contributed by atoms with E-state index in [9.17, 15) is 4.79 Å². The number of hydrogen-bond donors (Lipinski definition) is 2. The molecule has 0 saturated heterocycles. The topological polar surface area (TPSA) is 54.0 Å². The Morgan fingerprint density at radius 1 is 1.45 bits per heavy atom. The first-order valence-electron chi connectivity index (χ1n) is 6.31. The van der Waals surface area contributed by atoms with Gasteiger partial charge in [0.05, 0.1) is 4.88 Å². The molecule has 20 heavy (non-hydrogen) atoms. The Morgan fingerprint density at radius 3 is 2.90 bits per heavy atom. The lowest BCUT2D eigenvalue weighted by atomic mass is 10.3. The van der Waals surface area contributed by atoms with Crippen molar-refractivity contribution in [3.05, 3.63) is 27.0 Å². The fraction of sp³-hybridized carbons (Fsp3) is 0.385. The van der Waals surface area contributed by atoms with Crippen LogP contribution in [0.2, 0.25) is 0 Å². The molecule has 0 aliphatic heterocycles. The maximum atomic E-state index is 12.0. The third kappa shape index (κ3) is 4.12. The summed E-state index contributed by atoms with van der Waals surface area (Å²) in [6.07, 6.45) is 0. The van der Waals surface area contributed by atoms with Gasteiger partial charge in [-0.1, -0.05) is 6.92 Å². The molecule has 0 spiro atoms. The molecule has 0 fully saturated rings. The number of carbonyl (C=O) groups excluding carboxylic acids is 1. The van der Waals surface area contributed by atoms with Crippen LogP contribution in [-0.2, 0) is 0 Å². The number of aromatic nitrogens is 1. The molecule has 7 heteroatoms. The van der Waals surface area contributed by atoms with Gasteiger partial charge >= 0.3 is 0 Å². The van der Waals surface area contributed by atoms with Crippen LogP contribution in [0.15, 0.2) is 21.3 Å². The van der Waals surface area contributed by atoms with Gasteiger partial charge in [-0.15, -0.1) is 22.7 Å². The standard InChI is InChI=1S/C13H16BrN3OS2/c1-3-15-8(2)5-16-12(18)10-7-20-13(17-10)11-4-9(14)6-19-11/h4,6-8,15H,3,5H2,1-2H3,(H,16,18)/t8-/m1/s1. The Balaban J connectivity index is 1.96. The van der Waals surface area contributed by atoms with Gasteiger partial charge in [-0.25, -0.2) is 4.98 Å². The predicted molar refractivity (Wildman–Crippen MR) is 88.6 cm³/mol. The van der Waals surface area contributed by atoms with E-state index in [1.165, 1.54) is 11.3 Å². The van der Waals surface area contributed by atoms with Gasteiger partial charge in [0, 0.05) is 27.8 Å². The SMILES string of the molecule is CCN[C@H](C)CNC(=O)c1csc(-c2cc(Br)cs2)n1. The van der Waals surface area contributed by atoms with E-state index in [4.69, 9.17) is 0 Å². The molecule has 1 atom stereocenters. The van der Waals surface area contributed by atoms with Crippen molar-refractivity contribution in [1.82, 2.24) is 15.6 Å². The van der Waals surface area contributed by atoms with E-state index in [0.717, 1.165) is 20.9 Å². The van der Waals surface area contributed by atoms with Crippen LogP contribution < -0.4 is 10.6 Å². The molecule has 0 radical (unpaired) electrons. The van der Waals surface area contributed by atoms with Crippen molar-refractivity contribution in [2.45, 2.75) is 19.9 Å². The van der Waals surface area contributed by atoms with Gasteiger partial charge in [-0.05, 0) is 35.5 Å². The molecule has 2 N–H and O–H groups in total. The molecule has 0 aliphatic carbocycles. The van der Waals surface area contributed by atoms with Gasteiger partial charge in [-0.3, -0.25) is 4.79 Å². The Labute approximate surface area is 134 Å². The number of thiophene rings is 1. The van der Waals surface area contributed by atoms with Crippen molar-refractivity contribution in [2.75, 3.05) is 13.1 Å². The van der Waals surface area contributed by atoms with E-state index in [-0.39, 0.29) is 11.9 Å². The van der Waals surface area contributed by atoms with Gasteiger partial charge < -0.3 is 10.6 Å². The van der Waals surface area contributed by atoms with E-state index >= 15 is 0 Å². The van der Waals surface area contributed by atoms with Crippen molar-refractivity contribution in [1.29, 1.82) is 0 Å². The number of nitrogens with zero attached hydrogens (tertiary/aromatic N) is 1. The highest BCUT2D eigenvalue weighted by molar-refractivity contribution is 9.10. The molecular weight excluding hydrogens is 358 g/mol. The van der Waals surface area contributed by atoms with Crippen LogP contribution in [0, 0.1) is 0 Å². The van der Waals surface area contributed by atoms with E-state index in [1.54, 1.807) is 16.7 Å². The number of thiazole rings is 1. The lowest BCUT2D eigenvalue weighted by molar-refractivity contribution is 0.0946. The highest BCUT2D eigenvalue weighted by Gasteiger charge is 2.13. The lowest BCUT2D eigenvalue weighted by Crippen LogP contribution is -2.38. The average Bonchev–Trinajstić information content (AvgIpc) is 3.04. The minimum absolute atomic E-state index is 0.118. The minimum atomic E-state index is -0.118. The van der Waals surface area contributed by atoms with Crippen molar-refractivity contribution < 1.29 is 4.79 Å². The number of rotatable bonds is 6. The fourth-order valence-corrected chi connectivity index (χ4v) is 3.98. The van der Waals surface area contributed by atoms with Crippen molar-refractivity contribution >= 4 is 44.5 Å². The van der Waals surface area contributed by atoms with E-state index < -0.39 is 0 Å². The predicted octanol–water partition coefficient (Wildman–Crippen LogP) is 3.36. The molecule has 2 aromatic rings. The molecule has 0 saturated carbocycles. The maximum absolute atomic E-state index is 12.0. The molecule has 2 rings (SSSR count). The zero-order valence-electron chi connectivity index (χ0n) is 11.3. The smallest absolute Gasteiger partial charge is 0.270 e. The monoisotopic (exact) mass is 373 g/mol. The second-order valence-electron chi connectivity index (χ2n) is 4.34. The number of halogens is 1. The third-order valence-electron chi connectivity index (χ3n) is 2.64. The molecule has 2 aromatic heterocycles. The van der Waals surface area contributed by atoms with E-state index in [2.05, 4.69) is 31.5 Å². The molecule has 0 aromatic carbocycles. The van der Waals surface area contributed by atoms with Crippen molar-refractivity contribution in [2.24, 2.45) is 0 Å². The summed E-state index contributed by atoms with van der Waals surface area (Å²) in [6, 6.07) is 2.27. The summed E-state index contributed by atoms with van der Waals surface area (Å²) in [5.74, 6) is -0.118. The minimum Gasteiger partial charge on any atom is -0.349 e. The van der Waals surface area contributed by atoms with Gasteiger partial charge in [0.25, 0.3) is 5.91 Å². The van der Waals surface area contributed by atoms with Gasteiger partial charge in [0.15, 0.2) is 0 Å². The first kappa shape index (κ1) is 15.6. The lowest BCUT2D eigenvalue weighted by Gasteiger charge is -2.12. The molecule has 0 unspecified atom stereocenters. The Kier molecular flexibility index (Phi) is 5.71. The summed E-state index contributed by atoms with van der Waals surface area (Å²) in [5.41, 5.74) is 0.484. The number of hydrogen-bond acceptors (Lipinski definition) is 5. The van der Waals surface area contributed by atoms with Crippen LogP contribution in [0.1, 0.15) is 24.3 Å². The summed E-state index contributed by atoms with van der Waals surface area (Å²) < 4.78 is 1.04. The Bertz CT molecular complexity index is 582. The van der Waals surface area contributed by atoms with Crippen LogP contribution >= 0.6 is 38.6 Å². The van der Waals surface area contributed by atoms with Crippen LogP contribution in [0.4, 0.5) is 0 Å². The zero-order chi connectivity index (χ0) is 14.5. The Morgan fingerprint density at radius 2 is 2.25 bits per heavy atom. The van der Waals surface area contributed by atoms with E-state index in [1.807, 2.05) is 25.3 Å². The molecule has 4 nitrogen and oxygen atoms in total. The second kappa shape index (κ2) is 7.31. The van der Waals surface area contributed by atoms with Crippen LogP contribution in [0.5, 0.6) is 0 Å². The summed E-state index contributed by atoms with van der Waals surface area (Å²) in [7, 11) is 0. The number of carbonyl (C=O) groups is 1. The second-order valence-corrected chi connectivity index (χ2v) is 7.02. The number of likely N-dealkylation sites (N-methyl/N-ethyl adjacent to an activating group) is 1. The summed E-state index contributed by atoms with van der Waals surface area (Å²) in [4.78, 5) is 17.5. The molecule has 108 valence electrons. The first-order valence-corrected chi connectivity index (χ1v) is 8.87. The largest absolute Gasteiger partial charge is 0.349 e. The normalized spacial score (nSPS) is 12.3. The number of nitrogens with one attached hydrogen (secondary N) is 2. The maximum Gasteiger partial charge on any atom is 0.270 e. The van der Waals surface area contributed by atoms with Crippen LogP contribution in [0.3, 0.4) is 0 Å². The molecule has 0 aliphatic rings. The first-order chi connectivity index (χ1) is 9.60. The quantitative estimate of drug-likeness (QED) is 0.815. The average molecular weight is 374 g/mol. The van der Waals surface area contributed by atoms with Crippen LogP contribution in [-0.4, -0.2) is 30.0 Å². The van der Waals surface area contributed by atoms with Gasteiger partial charge in [0.1, 0.15) is 10.7 Å². The van der Waals surface area contributed by atoms with Crippen LogP contribution in [0.25, 0.3) is 9.88 Å². The highest BCUT2D eigenvalue weighted by atomic mass is 79.9. The zero-order valence-corrected chi connectivity index (χ0v) is 14.5. The third-order valence-corrected chi connectivity index (χ3v) is 5.34. The number of amides is 1. The molecular formula is C13H16BrN3OS2. The Hall–Kier alpha value is -0.760. The van der Waals surface area contributed by atoms with Gasteiger partial charge in [0.2, 0.25) is 0 Å². The fourth-order valence-electron chi connectivity index (χ4n) is 1.67. The van der Waals surface area contributed by atoms with Crippen molar-refractivity contribution in [3.63, 3.8) is 0 Å². The molecule has 2 heterocycles. The summed E-state index contributed by atoms with van der Waals surface area (Å²) in [5, 5.41) is 10.8. The highest BCUT2D eigenvalue weighted by Crippen LogP contribution is 2.31. The summed E-state index contributed by atoms with van der Waals surface area (Å²) in [6.45, 7) is 5.58. The van der Waals surface area contributed by atoms with Crippen molar-refractivity contribution in [3.8, 4) is 9.88 Å². The van der Waals surface area contributed by atoms with Gasteiger partial charge in [-0.2, -0.15) is 0 Å². The van der Waals surface area contributed by atoms with E-state index in [0.29, 0.717) is 12.2 Å². The molecule has 1 amide bonds.